The first kappa shape index (κ1) is 14.7. The van der Waals surface area contributed by atoms with Gasteiger partial charge in [-0.3, -0.25) is 4.57 Å². The van der Waals surface area contributed by atoms with E-state index in [2.05, 4.69) is 0 Å². The Balaban J connectivity index is 2.06. The minimum Gasteiger partial charge on any atom is -0.303 e. The third-order valence-electron chi connectivity index (χ3n) is 3.61. The van der Waals surface area contributed by atoms with Crippen molar-refractivity contribution in [3.8, 4) is 0 Å². The van der Waals surface area contributed by atoms with Crippen molar-refractivity contribution in [2.75, 3.05) is 0 Å². The molecule has 0 N–H and O–H groups in total. The summed E-state index contributed by atoms with van der Waals surface area (Å²) in [5.74, 6) is 0. The van der Waals surface area contributed by atoms with Crippen LogP contribution in [0.1, 0.15) is 0 Å². The van der Waals surface area contributed by atoms with E-state index in [0.29, 0.717) is 4.90 Å². The first-order valence-electron chi connectivity index (χ1n) is 6.15. The van der Waals surface area contributed by atoms with Crippen LogP contribution in [0.2, 0.25) is 0 Å². The first-order chi connectivity index (χ1) is 10.1. The molecular weight excluding hydrogens is 314 g/mol. The number of carbonyl (C=O) groups excluding carboxylic acids is 1. The summed E-state index contributed by atoms with van der Waals surface area (Å²) in [6.45, 7) is 0. The Hall–Kier alpha value is -2.19. The standard InChI is InChI=1S/C13H8F6N2O/c14-12(15,16)9-7-3-4-8(10(9)13(17,18)19)21(7)11(22)20-5-1-2-6-20/h1-8H. The Bertz CT molecular complexity index is 634. The predicted octanol–water partition coefficient (Wildman–Crippen LogP) is 3.50. The molecule has 0 aromatic carbocycles. The largest absolute Gasteiger partial charge is 0.415 e. The average molecular weight is 322 g/mol. The molecule has 0 fully saturated rings. The number of aromatic nitrogens is 1. The fourth-order valence-corrected chi connectivity index (χ4v) is 2.83. The third kappa shape index (κ3) is 2.03. The zero-order chi connectivity index (χ0) is 16.3. The van der Waals surface area contributed by atoms with Gasteiger partial charge in [0.15, 0.2) is 0 Å². The summed E-state index contributed by atoms with van der Waals surface area (Å²) < 4.78 is 79.2. The van der Waals surface area contributed by atoms with Crippen molar-refractivity contribution < 1.29 is 31.1 Å². The van der Waals surface area contributed by atoms with E-state index in [1.165, 1.54) is 24.5 Å². The SMILES string of the molecule is O=C(N1C2C=CC1C(C(F)(F)F)=C2C(F)(F)F)n1cccc1. The van der Waals surface area contributed by atoms with Crippen molar-refractivity contribution >= 4 is 6.03 Å². The second-order valence-corrected chi connectivity index (χ2v) is 4.88. The van der Waals surface area contributed by atoms with Gasteiger partial charge in [0.05, 0.1) is 23.2 Å². The molecule has 0 saturated carbocycles. The normalized spacial score (nSPS) is 24.5. The van der Waals surface area contributed by atoms with Crippen molar-refractivity contribution in [3.05, 3.63) is 47.8 Å². The van der Waals surface area contributed by atoms with Gasteiger partial charge in [-0.2, -0.15) is 26.3 Å². The number of fused-ring (bicyclic) bond motifs is 2. The third-order valence-corrected chi connectivity index (χ3v) is 3.61. The zero-order valence-electron chi connectivity index (χ0n) is 10.7. The highest BCUT2D eigenvalue weighted by atomic mass is 19.4. The van der Waals surface area contributed by atoms with Gasteiger partial charge in [0.25, 0.3) is 0 Å². The van der Waals surface area contributed by atoms with Crippen molar-refractivity contribution in [1.29, 1.82) is 0 Å². The van der Waals surface area contributed by atoms with E-state index in [0.717, 1.165) is 16.7 Å². The molecule has 0 spiro atoms. The van der Waals surface area contributed by atoms with Crippen LogP contribution >= 0.6 is 0 Å². The summed E-state index contributed by atoms with van der Waals surface area (Å²) in [4.78, 5) is 12.8. The fourth-order valence-electron chi connectivity index (χ4n) is 2.83. The minimum absolute atomic E-state index is 0.589. The van der Waals surface area contributed by atoms with Crippen LogP contribution in [0.4, 0.5) is 31.1 Å². The molecule has 2 unspecified atom stereocenters. The van der Waals surface area contributed by atoms with Gasteiger partial charge in [-0.1, -0.05) is 12.2 Å². The molecule has 22 heavy (non-hydrogen) atoms. The highest BCUT2D eigenvalue weighted by molar-refractivity contribution is 5.81. The van der Waals surface area contributed by atoms with Gasteiger partial charge in [0.1, 0.15) is 0 Å². The molecule has 1 aromatic heterocycles. The maximum Gasteiger partial charge on any atom is 0.415 e. The van der Waals surface area contributed by atoms with Crippen molar-refractivity contribution in [2.24, 2.45) is 0 Å². The molecule has 0 saturated heterocycles. The summed E-state index contributed by atoms with van der Waals surface area (Å²) in [7, 11) is 0. The van der Waals surface area contributed by atoms with Gasteiger partial charge in [0, 0.05) is 12.4 Å². The molecule has 118 valence electrons. The van der Waals surface area contributed by atoms with Crippen LogP contribution < -0.4 is 0 Å². The fraction of sp³-hybridized carbons (Fsp3) is 0.308. The van der Waals surface area contributed by atoms with Crippen LogP contribution in [0.3, 0.4) is 0 Å². The molecule has 2 atom stereocenters. The topological polar surface area (TPSA) is 25.2 Å². The smallest absolute Gasteiger partial charge is 0.303 e. The number of rotatable bonds is 0. The lowest BCUT2D eigenvalue weighted by Gasteiger charge is -2.25. The molecule has 2 aliphatic heterocycles. The van der Waals surface area contributed by atoms with Crippen molar-refractivity contribution in [2.45, 2.75) is 24.4 Å². The minimum atomic E-state index is -5.16. The molecule has 2 bridgehead atoms. The lowest BCUT2D eigenvalue weighted by atomic mass is 9.96. The molecule has 3 rings (SSSR count). The van der Waals surface area contributed by atoms with E-state index >= 15 is 0 Å². The number of nitrogens with zero attached hydrogens (tertiary/aromatic N) is 2. The number of carbonyl (C=O) groups is 1. The summed E-state index contributed by atoms with van der Waals surface area (Å²) in [6, 6.07) is -1.54. The van der Waals surface area contributed by atoms with E-state index in [4.69, 9.17) is 0 Å². The van der Waals surface area contributed by atoms with Gasteiger partial charge in [-0.05, 0) is 12.1 Å². The van der Waals surface area contributed by atoms with Gasteiger partial charge >= 0.3 is 18.4 Å². The number of alkyl halides is 6. The maximum atomic E-state index is 13.0. The number of halogens is 6. The van der Waals surface area contributed by atoms with E-state index in [1.54, 1.807) is 0 Å². The van der Waals surface area contributed by atoms with Crippen LogP contribution in [0.15, 0.2) is 47.8 Å². The molecule has 3 heterocycles. The van der Waals surface area contributed by atoms with Crippen LogP contribution in [0.25, 0.3) is 0 Å². The Morgan fingerprint density at radius 2 is 1.27 bits per heavy atom. The molecule has 0 radical (unpaired) electrons. The van der Waals surface area contributed by atoms with Gasteiger partial charge in [-0.25, -0.2) is 4.79 Å². The molecule has 1 aromatic rings. The molecule has 1 amide bonds. The van der Waals surface area contributed by atoms with Crippen LogP contribution in [0, 0.1) is 0 Å². The average Bonchev–Trinajstić information content (AvgIpc) is 3.10. The van der Waals surface area contributed by atoms with E-state index in [9.17, 15) is 31.1 Å². The van der Waals surface area contributed by atoms with Gasteiger partial charge < -0.3 is 4.90 Å². The van der Waals surface area contributed by atoms with E-state index < -0.39 is 41.6 Å². The second kappa shape index (κ2) is 4.40. The predicted molar refractivity (Wildman–Crippen MR) is 62.9 cm³/mol. The maximum absolute atomic E-state index is 13.0. The number of hydrogen-bond acceptors (Lipinski definition) is 1. The van der Waals surface area contributed by atoms with Crippen LogP contribution in [0.5, 0.6) is 0 Å². The summed E-state index contributed by atoms with van der Waals surface area (Å²) in [5, 5.41) is 0. The van der Waals surface area contributed by atoms with Crippen LogP contribution in [-0.4, -0.2) is 39.9 Å². The number of amides is 1. The monoisotopic (exact) mass is 322 g/mol. The molecule has 3 nitrogen and oxygen atoms in total. The van der Waals surface area contributed by atoms with Gasteiger partial charge in [0.2, 0.25) is 0 Å². The Kier molecular flexibility index (Phi) is 2.95. The molecule has 0 aliphatic carbocycles. The van der Waals surface area contributed by atoms with E-state index in [1.807, 2.05) is 0 Å². The number of hydrogen-bond donors (Lipinski definition) is 0. The lowest BCUT2D eigenvalue weighted by molar-refractivity contribution is -0.115. The Labute approximate surface area is 120 Å². The second-order valence-electron chi connectivity index (χ2n) is 4.88. The zero-order valence-corrected chi connectivity index (χ0v) is 10.7. The molecule has 9 heteroatoms. The quantitative estimate of drug-likeness (QED) is 0.530. The summed E-state index contributed by atoms with van der Waals surface area (Å²) >= 11 is 0. The van der Waals surface area contributed by atoms with Crippen LogP contribution in [-0.2, 0) is 0 Å². The summed E-state index contributed by atoms with van der Waals surface area (Å²) in [6.07, 6.45) is -5.84. The summed E-state index contributed by atoms with van der Waals surface area (Å²) in [5.41, 5.74) is -3.43. The Morgan fingerprint density at radius 3 is 1.64 bits per heavy atom. The lowest BCUT2D eigenvalue weighted by Crippen LogP contribution is -2.42. The Morgan fingerprint density at radius 1 is 0.864 bits per heavy atom. The molecule has 2 aliphatic rings. The van der Waals surface area contributed by atoms with Crippen molar-refractivity contribution in [1.82, 2.24) is 9.47 Å². The van der Waals surface area contributed by atoms with Gasteiger partial charge in [-0.15, -0.1) is 0 Å². The molecular formula is C13H8F6N2O. The van der Waals surface area contributed by atoms with E-state index in [-0.39, 0.29) is 0 Å². The van der Waals surface area contributed by atoms with Crippen molar-refractivity contribution in [3.63, 3.8) is 0 Å². The first-order valence-corrected chi connectivity index (χ1v) is 6.15. The highest BCUT2D eigenvalue weighted by Gasteiger charge is 2.60. The highest BCUT2D eigenvalue weighted by Crippen LogP contribution is 2.50.